The fraction of sp³-hybridized carbons (Fsp3) is 0.143. The Bertz CT molecular complexity index is 752. The van der Waals surface area contributed by atoms with Crippen LogP contribution in [0.3, 0.4) is 0 Å². The average Bonchev–Trinajstić information content (AvgIpc) is 2.77. The van der Waals surface area contributed by atoms with Crippen molar-refractivity contribution in [1.82, 2.24) is 0 Å². The van der Waals surface area contributed by atoms with Gasteiger partial charge in [0.05, 0.1) is 19.4 Å². The van der Waals surface area contributed by atoms with E-state index < -0.39 is 0 Å². The van der Waals surface area contributed by atoms with Gasteiger partial charge in [0.1, 0.15) is 5.75 Å². The number of aryl methyl sites for hydroxylation is 1. The standard InChI is InChI=1S/C14H9BrClNO3S/c1-6-2-11(21-14(6)15)13(19)7-3-10-9(4-8(7)16)17-12(18)5-20-10/h2-4H,5H2,1H3,(H,17,18). The zero-order chi connectivity index (χ0) is 15.1. The van der Waals surface area contributed by atoms with Crippen LogP contribution in [0.4, 0.5) is 5.69 Å². The van der Waals surface area contributed by atoms with Gasteiger partial charge in [0.25, 0.3) is 5.91 Å². The van der Waals surface area contributed by atoms with Crippen LogP contribution in [0, 0.1) is 6.92 Å². The smallest absolute Gasteiger partial charge is 0.262 e. The number of hydrogen-bond acceptors (Lipinski definition) is 4. The molecule has 1 aliphatic rings. The number of thiophene rings is 1. The van der Waals surface area contributed by atoms with Crippen molar-refractivity contribution in [3.63, 3.8) is 0 Å². The third-order valence-corrected chi connectivity index (χ3v) is 5.48. The molecule has 0 saturated heterocycles. The SMILES string of the molecule is Cc1cc(C(=O)c2cc3c(cc2Cl)NC(=O)CO3)sc1Br. The van der Waals surface area contributed by atoms with E-state index in [2.05, 4.69) is 21.2 Å². The van der Waals surface area contributed by atoms with Gasteiger partial charge >= 0.3 is 0 Å². The zero-order valence-electron chi connectivity index (χ0n) is 10.8. The summed E-state index contributed by atoms with van der Waals surface area (Å²) in [6.45, 7) is 1.86. The summed E-state index contributed by atoms with van der Waals surface area (Å²) in [5.74, 6) is 0.0484. The summed E-state index contributed by atoms with van der Waals surface area (Å²) in [7, 11) is 0. The molecule has 2 heterocycles. The number of benzene rings is 1. The molecule has 108 valence electrons. The highest BCUT2D eigenvalue weighted by molar-refractivity contribution is 9.11. The first kappa shape index (κ1) is 14.6. The molecule has 1 aromatic heterocycles. The molecule has 2 aromatic rings. The van der Waals surface area contributed by atoms with E-state index in [1.165, 1.54) is 17.4 Å². The van der Waals surface area contributed by atoms with E-state index in [1.807, 2.05) is 13.0 Å². The van der Waals surface area contributed by atoms with Crippen LogP contribution < -0.4 is 10.1 Å². The van der Waals surface area contributed by atoms with Gasteiger partial charge in [0.15, 0.2) is 6.61 Å². The maximum atomic E-state index is 12.5. The summed E-state index contributed by atoms with van der Waals surface area (Å²) >= 11 is 10.9. The highest BCUT2D eigenvalue weighted by Crippen LogP contribution is 2.36. The third-order valence-electron chi connectivity index (χ3n) is 3.03. The number of halogens is 2. The monoisotopic (exact) mass is 385 g/mol. The van der Waals surface area contributed by atoms with Crippen LogP contribution >= 0.6 is 38.9 Å². The highest BCUT2D eigenvalue weighted by Gasteiger charge is 2.22. The lowest BCUT2D eigenvalue weighted by Crippen LogP contribution is -2.25. The molecular weight excluding hydrogens is 378 g/mol. The van der Waals surface area contributed by atoms with E-state index in [1.54, 1.807) is 6.07 Å². The molecule has 7 heteroatoms. The van der Waals surface area contributed by atoms with Gasteiger partial charge in [-0.1, -0.05) is 11.6 Å². The van der Waals surface area contributed by atoms with Crippen molar-refractivity contribution in [2.24, 2.45) is 0 Å². The van der Waals surface area contributed by atoms with E-state index in [0.29, 0.717) is 21.9 Å². The number of ether oxygens (including phenoxy) is 1. The molecule has 21 heavy (non-hydrogen) atoms. The third kappa shape index (κ3) is 2.71. The zero-order valence-corrected chi connectivity index (χ0v) is 14.0. The minimum Gasteiger partial charge on any atom is -0.482 e. The van der Waals surface area contributed by atoms with Crippen LogP contribution in [0.5, 0.6) is 5.75 Å². The van der Waals surface area contributed by atoms with Crippen molar-refractivity contribution < 1.29 is 14.3 Å². The topological polar surface area (TPSA) is 55.4 Å². The van der Waals surface area contributed by atoms with Crippen molar-refractivity contribution >= 4 is 56.2 Å². The van der Waals surface area contributed by atoms with Crippen LogP contribution in [0.15, 0.2) is 22.0 Å². The fourth-order valence-electron chi connectivity index (χ4n) is 1.98. The molecule has 0 spiro atoms. The highest BCUT2D eigenvalue weighted by atomic mass is 79.9. The summed E-state index contributed by atoms with van der Waals surface area (Å²) in [5.41, 5.74) is 1.85. The van der Waals surface area contributed by atoms with Gasteiger partial charge in [-0.15, -0.1) is 11.3 Å². The van der Waals surface area contributed by atoms with Crippen LogP contribution in [0.2, 0.25) is 5.02 Å². The van der Waals surface area contributed by atoms with Crippen molar-refractivity contribution in [3.05, 3.63) is 43.0 Å². The average molecular weight is 387 g/mol. The molecule has 1 aliphatic heterocycles. The van der Waals surface area contributed by atoms with Crippen LogP contribution in [-0.2, 0) is 4.79 Å². The Kier molecular flexibility index (Phi) is 3.77. The number of nitrogens with one attached hydrogen (secondary N) is 1. The molecule has 1 amide bonds. The molecule has 0 atom stereocenters. The Balaban J connectivity index is 2.02. The predicted octanol–water partition coefficient (Wildman–Crippen LogP) is 4.03. The molecule has 3 rings (SSSR count). The Morgan fingerprint density at radius 3 is 2.86 bits per heavy atom. The van der Waals surface area contributed by atoms with Crippen molar-refractivity contribution in [3.8, 4) is 5.75 Å². The molecule has 4 nitrogen and oxygen atoms in total. The Labute approximate surface area is 138 Å². The summed E-state index contributed by atoms with van der Waals surface area (Å²) < 4.78 is 6.24. The van der Waals surface area contributed by atoms with Gasteiger partial charge in [0, 0.05) is 5.56 Å². The van der Waals surface area contributed by atoms with Crippen LogP contribution in [0.1, 0.15) is 20.8 Å². The van der Waals surface area contributed by atoms with Gasteiger partial charge in [0.2, 0.25) is 5.78 Å². The van der Waals surface area contributed by atoms with Gasteiger partial charge in [-0.25, -0.2) is 0 Å². The second-order valence-corrected chi connectivity index (χ2v) is 7.34. The van der Waals surface area contributed by atoms with Gasteiger partial charge in [-0.3, -0.25) is 9.59 Å². The molecule has 1 aromatic carbocycles. The number of hydrogen-bond donors (Lipinski definition) is 1. The number of fused-ring (bicyclic) bond motifs is 1. The quantitative estimate of drug-likeness (QED) is 0.793. The maximum absolute atomic E-state index is 12.5. The van der Waals surface area contributed by atoms with Crippen molar-refractivity contribution in [2.45, 2.75) is 6.92 Å². The Hall–Kier alpha value is -1.37. The molecule has 0 aliphatic carbocycles. The predicted molar refractivity (Wildman–Crippen MR) is 85.8 cm³/mol. The van der Waals surface area contributed by atoms with Crippen LogP contribution in [0.25, 0.3) is 0 Å². The number of carbonyl (C=O) groups is 2. The van der Waals surface area contributed by atoms with Crippen molar-refractivity contribution in [2.75, 3.05) is 11.9 Å². The number of carbonyl (C=O) groups excluding carboxylic acids is 2. The molecule has 0 saturated carbocycles. The van der Waals surface area contributed by atoms with E-state index in [9.17, 15) is 9.59 Å². The van der Waals surface area contributed by atoms with Crippen molar-refractivity contribution in [1.29, 1.82) is 0 Å². The Morgan fingerprint density at radius 2 is 2.19 bits per heavy atom. The summed E-state index contributed by atoms with van der Waals surface area (Å²) in [4.78, 5) is 24.4. The largest absolute Gasteiger partial charge is 0.482 e. The number of ketones is 1. The Morgan fingerprint density at radius 1 is 1.43 bits per heavy atom. The molecule has 0 radical (unpaired) electrons. The lowest BCUT2D eigenvalue weighted by molar-refractivity contribution is -0.118. The number of anilines is 1. The van der Waals surface area contributed by atoms with E-state index in [4.69, 9.17) is 16.3 Å². The summed E-state index contributed by atoms with van der Waals surface area (Å²) in [6.07, 6.45) is 0. The first-order valence-corrected chi connectivity index (χ1v) is 8.01. The summed E-state index contributed by atoms with van der Waals surface area (Å²) in [6, 6.07) is 4.93. The van der Waals surface area contributed by atoms with Gasteiger partial charge < -0.3 is 10.1 Å². The van der Waals surface area contributed by atoms with Gasteiger partial charge in [-0.05, 0) is 46.6 Å². The summed E-state index contributed by atoms with van der Waals surface area (Å²) in [5, 5.41) is 2.94. The number of rotatable bonds is 2. The first-order chi connectivity index (χ1) is 9.95. The molecule has 0 fully saturated rings. The second-order valence-electron chi connectivity index (χ2n) is 4.56. The fourth-order valence-corrected chi connectivity index (χ4v) is 3.72. The van der Waals surface area contributed by atoms with E-state index in [0.717, 1.165) is 9.35 Å². The molecule has 0 unspecified atom stereocenters. The maximum Gasteiger partial charge on any atom is 0.262 e. The minimum absolute atomic E-state index is 0.0636. The lowest BCUT2D eigenvalue weighted by atomic mass is 10.1. The van der Waals surface area contributed by atoms with E-state index >= 15 is 0 Å². The van der Waals surface area contributed by atoms with Crippen LogP contribution in [-0.4, -0.2) is 18.3 Å². The number of amides is 1. The van der Waals surface area contributed by atoms with E-state index in [-0.39, 0.29) is 23.3 Å². The minimum atomic E-state index is -0.240. The molecular formula is C14H9BrClNO3S. The second kappa shape index (κ2) is 5.44. The molecule has 1 N–H and O–H groups in total. The normalized spacial score (nSPS) is 13.4. The van der Waals surface area contributed by atoms with Gasteiger partial charge in [-0.2, -0.15) is 0 Å². The first-order valence-electron chi connectivity index (χ1n) is 6.02. The lowest BCUT2D eigenvalue weighted by Gasteiger charge is -2.19. The molecule has 0 bridgehead atoms.